The van der Waals surface area contributed by atoms with Crippen molar-refractivity contribution in [3.63, 3.8) is 0 Å². The van der Waals surface area contributed by atoms with Gasteiger partial charge < -0.3 is 4.57 Å². The van der Waals surface area contributed by atoms with Crippen molar-refractivity contribution in [1.82, 2.24) is 4.57 Å². The molecule has 2 heterocycles. The van der Waals surface area contributed by atoms with E-state index in [1.807, 2.05) is 29.8 Å². The van der Waals surface area contributed by atoms with Gasteiger partial charge in [-0.25, -0.2) is 0 Å². The zero-order valence-electron chi connectivity index (χ0n) is 8.22. The minimum atomic E-state index is 0.00945. The number of allylic oxidation sites excluding steroid dienone is 1. The Hall–Kier alpha value is -1.61. The van der Waals surface area contributed by atoms with Gasteiger partial charge in [0.05, 0.1) is 0 Å². The van der Waals surface area contributed by atoms with Gasteiger partial charge >= 0.3 is 0 Å². The van der Waals surface area contributed by atoms with E-state index in [0.717, 1.165) is 5.56 Å². The van der Waals surface area contributed by atoms with Crippen LogP contribution in [0, 0.1) is 0 Å². The van der Waals surface area contributed by atoms with E-state index in [2.05, 4.69) is 6.58 Å². The summed E-state index contributed by atoms with van der Waals surface area (Å²) in [5.74, 6) is 0. The normalized spacial score (nSPS) is 10.1. The molecule has 0 aliphatic rings. The lowest BCUT2D eigenvalue weighted by Gasteiger charge is -2.03. The number of pyridine rings is 1. The maximum atomic E-state index is 11.4. The molecule has 2 aromatic rings. The van der Waals surface area contributed by atoms with Crippen molar-refractivity contribution in [3.8, 4) is 10.4 Å². The average molecular weight is 217 g/mol. The largest absolute Gasteiger partial charge is 0.311 e. The molecule has 0 amide bonds. The molecule has 2 nitrogen and oxygen atoms in total. The van der Waals surface area contributed by atoms with Crippen LogP contribution in [0.4, 0.5) is 0 Å². The first-order valence-corrected chi connectivity index (χ1v) is 5.54. The highest BCUT2D eigenvalue weighted by Crippen LogP contribution is 2.22. The lowest BCUT2D eigenvalue weighted by Crippen LogP contribution is -2.17. The molecule has 0 saturated heterocycles. The predicted molar refractivity (Wildman–Crippen MR) is 64.2 cm³/mol. The Balaban J connectivity index is 2.47. The summed E-state index contributed by atoms with van der Waals surface area (Å²) < 4.78 is 1.65. The number of hydrogen-bond acceptors (Lipinski definition) is 2. The zero-order chi connectivity index (χ0) is 10.7. The van der Waals surface area contributed by atoms with Crippen LogP contribution in [-0.4, -0.2) is 4.57 Å². The van der Waals surface area contributed by atoms with Gasteiger partial charge in [0.2, 0.25) is 0 Å². The topological polar surface area (TPSA) is 22.0 Å². The molecule has 0 fully saturated rings. The highest BCUT2D eigenvalue weighted by molar-refractivity contribution is 7.13. The number of nitrogens with zero attached hydrogens (tertiary/aromatic N) is 1. The Bertz CT molecular complexity index is 511. The van der Waals surface area contributed by atoms with Crippen LogP contribution in [0.3, 0.4) is 0 Å². The molecule has 0 N–H and O–H groups in total. The highest BCUT2D eigenvalue weighted by Gasteiger charge is 2.00. The van der Waals surface area contributed by atoms with Crippen molar-refractivity contribution >= 4 is 11.3 Å². The van der Waals surface area contributed by atoms with E-state index in [1.165, 1.54) is 4.88 Å². The lowest BCUT2D eigenvalue weighted by molar-refractivity contribution is 0.782. The fraction of sp³-hybridized carbons (Fsp3) is 0.0833. The number of thiophene rings is 1. The first-order valence-electron chi connectivity index (χ1n) is 4.66. The summed E-state index contributed by atoms with van der Waals surface area (Å²) in [6.07, 6.45) is 3.59. The molecule has 2 aromatic heterocycles. The third kappa shape index (κ3) is 2.07. The molecule has 2 rings (SSSR count). The van der Waals surface area contributed by atoms with Gasteiger partial charge in [-0.3, -0.25) is 4.79 Å². The van der Waals surface area contributed by atoms with Crippen molar-refractivity contribution < 1.29 is 0 Å². The summed E-state index contributed by atoms with van der Waals surface area (Å²) in [7, 11) is 0. The Labute approximate surface area is 92.1 Å². The van der Waals surface area contributed by atoms with Gasteiger partial charge in [-0.2, -0.15) is 0 Å². The molecule has 0 aliphatic heterocycles. The van der Waals surface area contributed by atoms with Gasteiger partial charge in [-0.15, -0.1) is 17.9 Å². The third-order valence-corrected chi connectivity index (χ3v) is 3.03. The fourth-order valence-electron chi connectivity index (χ4n) is 1.40. The van der Waals surface area contributed by atoms with Gasteiger partial charge in [-0.1, -0.05) is 12.1 Å². The number of aromatic nitrogens is 1. The van der Waals surface area contributed by atoms with E-state index in [9.17, 15) is 4.79 Å². The maximum Gasteiger partial charge on any atom is 0.250 e. The smallest absolute Gasteiger partial charge is 0.250 e. The van der Waals surface area contributed by atoms with Crippen LogP contribution in [0.15, 0.2) is 53.3 Å². The maximum absolute atomic E-state index is 11.4. The molecule has 0 aliphatic carbocycles. The third-order valence-electron chi connectivity index (χ3n) is 2.11. The van der Waals surface area contributed by atoms with E-state index in [0.29, 0.717) is 6.54 Å². The quantitative estimate of drug-likeness (QED) is 0.725. The minimum absolute atomic E-state index is 0.00945. The molecular weight excluding hydrogens is 206 g/mol. The second-order valence-corrected chi connectivity index (χ2v) is 4.12. The minimum Gasteiger partial charge on any atom is -0.311 e. The predicted octanol–water partition coefficient (Wildman–Crippen LogP) is 2.76. The van der Waals surface area contributed by atoms with Crippen molar-refractivity contribution in [2.45, 2.75) is 6.54 Å². The molecule has 0 aromatic carbocycles. The first-order chi connectivity index (χ1) is 7.31. The van der Waals surface area contributed by atoms with E-state index in [4.69, 9.17) is 0 Å². The molecule has 0 saturated carbocycles. The summed E-state index contributed by atoms with van der Waals surface area (Å²) in [5, 5.41) is 2.03. The van der Waals surface area contributed by atoms with Crippen molar-refractivity contribution in [1.29, 1.82) is 0 Å². The average Bonchev–Trinajstić information content (AvgIpc) is 2.75. The van der Waals surface area contributed by atoms with E-state index in [-0.39, 0.29) is 5.56 Å². The number of hydrogen-bond donors (Lipinski definition) is 0. The molecule has 3 heteroatoms. The second kappa shape index (κ2) is 4.28. The summed E-state index contributed by atoms with van der Waals surface area (Å²) >= 11 is 1.67. The van der Waals surface area contributed by atoms with Gasteiger partial charge in [-0.05, 0) is 17.5 Å². The molecule has 0 spiro atoms. The molecule has 0 radical (unpaired) electrons. The summed E-state index contributed by atoms with van der Waals surface area (Å²) in [4.78, 5) is 12.6. The molecule has 76 valence electrons. The fourth-order valence-corrected chi connectivity index (χ4v) is 2.12. The monoisotopic (exact) mass is 217 g/mol. The second-order valence-electron chi connectivity index (χ2n) is 3.17. The SMILES string of the molecule is C=CCn1cc(-c2cccs2)ccc1=O. The Kier molecular flexibility index (Phi) is 2.83. The Morgan fingerprint density at radius 1 is 1.40 bits per heavy atom. The lowest BCUT2D eigenvalue weighted by atomic mass is 10.2. The number of rotatable bonds is 3. The van der Waals surface area contributed by atoms with Crippen LogP contribution in [0.25, 0.3) is 10.4 Å². The Morgan fingerprint density at radius 3 is 2.93 bits per heavy atom. The van der Waals surface area contributed by atoms with Gasteiger partial charge in [0.15, 0.2) is 0 Å². The summed E-state index contributed by atoms with van der Waals surface area (Å²) in [5.41, 5.74) is 1.08. The van der Waals surface area contributed by atoms with Crippen LogP contribution in [0.1, 0.15) is 0 Å². The summed E-state index contributed by atoms with van der Waals surface area (Å²) in [6, 6.07) is 7.50. The van der Waals surface area contributed by atoms with Gasteiger partial charge in [0.25, 0.3) is 5.56 Å². The van der Waals surface area contributed by atoms with Crippen LogP contribution in [-0.2, 0) is 6.54 Å². The van der Waals surface area contributed by atoms with Crippen LogP contribution in [0.2, 0.25) is 0 Å². The molecule has 0 bridgehead atoms. The molecular formula is C12H11NOS. The zero-order valence-corrected chi connectivity index (χ0v) is 9.04. The van der Waals surface area contributed by atoms with Crippen LogP contribution >= 0.6 is 11.3 Å². The standard InChI is InChI=1S/C12H11NOS/c1-2-7-13-9-10(5-6-12(13)14)11-4-3-8-15-11/h2-6,8-9H,1,7H2. The van der Waals surface area contributed by atoms with Crippen molar-refractivity contribution in [3.05, 3.63) is 58.9 Å². The Morgan fingerprint density at radius 2 is 2.27 bits per heavy atom. The van der Waals surface area contributed by atoms with E-state index in [1.54, 1.807) is 28.0 Å². The van der Waals surface area contributed by atoms with E-state index >= 15 is 0 Å². The van der Waals surface area contributed by atoms with Crippen molar-refractivity contribution in [2.75, 3.05) is 0 Å². The molecule has 0 unspecified atom stereocenters. The van der Waals surface area contributed by atoms with E-state index < -0.39 is 0 Å². The van der Waals surface area contributed by atoms with Crippen molar-refractivity contribution in [2.24, 2.45) is 0 Å². The van der Waals surface area contributed by atoms with Gasteiger partial charge in [0, 0.05) is 29.2 Å². The van der Waals surface area contributed by atoms with Gasteiger partial charge in [0.1, 0.15) is 0 Å². The molecule has 15 heavy (non-hydrogen) atoms. The summed E-state index contributed by atoms with van der Waals surface area (Å²) in [6.45, 7) is 4.19. The molecule has 0 atom stereocenters. The van der Waals surface area contributed by atoms with Crippen LogP contribution in [0.5, 0.6) is 0 Å². The highest BCUT2D eigenvalue weighted by atomic mass is 32.1. The van der Waals surface area contributed by atoms with Crippen LogP contribution < -0.4 is 5.56 Å². The first kappa shape index (κ1) is 9.93.